The van der Waals surface area contributed by atoms with Crippen LogP contribution in [0.15, 0.2) is 60.7 Å². The van der Waals surface area contributed by atoms with Crippen LogP contribution in [0.3, 0.4) is 0 Å². The number of carbonyl (C=O) groups is 2. The van der Waals surface area contributed by atoms with Crippen LogP contribution in [-0.2, 0) is 20.9 Å². The molecule has 0 aromatic heterocycles. The maximum absolute atomic E-state index is 11.6. The lowest BCUT2D eigenvalue weighted by molar-refractivity contribution is -0.142. The molecule has 0 bridgehead atoms. The van der Waals surface area contributed by atoms with Crippen molar-refractivity contribution < 1.29 is 19.1 Å². The average Bonchev–Trinajstić information content (AvgIpc) is 2.59. The Balaban J connectivity index is 2.02. The summed E-state index contributed by atoms with van der Waals surface area (Å²) in [6.45, 7) is 0.446. The van der Waals surface area contributed by atoms with Crippen molar-refractivity contribution in [2.75, 3.05) is 7.11 Å². The van der Waals surface area contributed by atoms with E-state index < -0.39 is 5.97 Å². The van der Waals surface area contributed by atoms with E-state index in [-0.39, 0.29) is 12.2 Å². The van der Waals surface area contributed by atoms with Crippen LogP contribution in [0.2, 0.25) is 0 Å². The summed E-state index contributed by atoms with van der Waals surface area (Å²) >= 11 is 0. The highest BCUT2D eigenvalue weighted by atomic mass is 16.5. The van der Waals surface area contributed by atoms with Crippen molar-refractivity contribution in [1.82, 2.24) is 0 Å². The number of benzene rings is 2. The summed E-state index contributed by atoms with van der Waals surface area (Å²) in [4.78, 5) is 22.7. The van der Waals surface area contributed by atoms with Crippen LogP contribution < -0.4 is 4.74 Å². The normalized spacial score (nSPS) is 10.5. The molecule has 0 N–H and O–H groups in total. The SMILES string of the molecule is COC(=O)CC(=O)C=Cc1ccccc1OCc1ccccc1. The van der Waals surface area contributed by atoms with E-state index in [1.165, 1.54) is 13.2 Å². The minimum absolute atomic E-state index is 0.264. The van der Waals surface area contributed by atoms with E-state index >= 15 is 0 Å². The Kier molecular flexibility index (Phi) is 6.12. The first-order valence-electron chi connectivity index (χ1n) is 7.22. The summed E-state index contributed by atoms with van der Waals surface area (Å²) in [5, 5.41) is 0. The van der Waals surface area contributed by atoms with Gasteiger partial charge in [0, 0.05) is 5.56 Å². The monoisotopic (exact) mass is 310 g/mol. The Labute approximate surface area is 135 Å². The molecule has 2 aromatic carbocycles. The van der Waals surface area contributed by atoms with Gasteiger partial charge in [-0.25, -0.2) is 0 Å². The van der Waals surface area contributed by atoms with Crippen molar-refractivity contribution >= 4 is 17.8 Å². The van der Waals surface area contributed by atoms with E-state index in [2.05, 4.69) is 4.74 Å². The van der Waals surface area contributed by atoms with Crippen LogP contribution in [0.25, 0.3) is 6.08 Å². The van der Waals surface area contributed by atoms with Gasteiger partial charge in [0.15, 0.2) is 5.78 Å². The van der Waals surface area contributed by atoms with Gasteiger partial charge in [-0.05, 0) is 23.8 Å². The fraction of sp³-hybridized carbons (Fsp3) is 0.158. The van der Waals surface area contributed by atoms with Crippen LogP contribution in [0.4, 0.5) is 0 Å². The molecule has 0 aliphatic rings. The van der Waals surface area contributed by atoms with Crippen LogP contribution in [0.5, 0.6) is 5.75 Å². The number of para-hydroxylation sites is 1. The van der Waals surface area contributed by atoms with Gasteiger partial charge in [0.25, 0.3) is 0 Å². The number of rotatable bonds is 7. The molecule has 0 aliphatic carbocycles. The van der Waals surface area contributed by atoms with Gasteiger partial charge in [0.1, 0.15) is 18.8 Å². The predicted octanol–water partition coefficient (Wildman–Crippen LogP) is 3.41. The first-order valence-corrected chi connectivity index (χ1v) is 7.22. The second kappa shape index (κ2) is 8.54. The van der Waals surface area contributed by atoms with Gasteiger partial charge in [0.2, 0.25) is 0 Å². The molecule has 23 heavy (non-hydrogen) atoms. The lowest BCUT2D eigenvalue weighted by Crippen LogP contribution is -2.06. The Hall–Kier alpha value is -2.88. The van der Waals surface area contributed by atoms with E-state index in [1.807, 2.05) is 54.6 Å². The Morgan fingerprint density at radius 3 is 2.43 bits per heavy atom. The molecule has 0 saturated carbocycles. The molecule has 0 atom stereocenters. The zero-order chi connectivity index (χ0) is 16.5. The Morgan fingerprint density at radius 1 is 1.00 bits per heavy atom. The van der Waals surface area contributed by atoms with Gasteiger partial charge in [-0.2, -0.15) is 0 Å². The zero-order valence-corrected chi connectivity index (χ0v) is 12.9. The highest BCUT2D eigenvalue weighted by Crippen LogP contribution is 2.21. The summed E-state index contributed by atoms with van der Waals surface area (Å²) in [6.07, 6.45) is 2.74. The molecule has 2 rings (SSSR count). The minimum Gasteiger partial charge on any atom is -0.488 e. The summed E-state index contributed by atoms with van der Waals surface area (Å²) in [5.74, 6) is -0.179. The second-order valence-electron chi connectivity index (χ2n) is 4.86. The molecule has 4 nitrogen and oxygen atoms in total. The van der Waals surface area contributed by atoms with Gasteiger partial charge in [-0.15, -0.1) is 0 Å². The smallest absolute Gasteiger partial charge is 0.313 e. The summed E-state index contributed by atoms with van der Waals surface area (Å²) < 4.78 is 10.3. The molecule has 0 fully saturated rings. The second-order valence-corrected chi connectivity index (χ2v) is 4.86. The third-order valence-corrected chi connectivity index (χ3v) is 3.15. The van der Waals surface area contributed by atoms with E-state index in [0.29, 0.717) is 12.4 Å². The maximum atomic E-state index is 11.6. The summed E-state index contributed by atoms with van der Waals surface area (Å²) in [5.41, 5.74) is 1.84. The largest absolute Gasteiger partial charge is 0.488 e. The van der Waals surface area contributed by atoms with Crippen molar-refractivity contribution in [2.45, 2.75) is 13.0 Å². The number of carbonyl (C=O) groups excluding carboxylic acids is 2. The van der Waals surface area contributed by atoms with Crippen molar-refractivity contribution in [3.8, 4) is 5.75 Å². The first-order chi connectivity index (χ1) is 11.2. The molecule has 0 saturated heterocycles. The van der Waals surface area contributed by atoms with Gasteiger partial charge < -0.3 is 9.47 Å². The quantitative estimate of drug-likeness (QED) is 0.447. The topological polar surface area (TPSA) is 52.6 Å². The van der Waals surface area contributed by atoms with Crippen LogP contribution in [0.1, 0.15) is 17.5 Å². The molecule has 0 spiro atoms. The van der Waals surface area contributed by atoms with Gasteiger partial charge in [-0.3, -0.25) is 9.59 Å². The van der Waals surface area contributed by atoms with E-state index in [1.54, 1.807) is 6.08 Å². The number of esters is 1. The van der Waals surface area contributed by atoms with Crippen molar-refractivity contribution in [3.63, 3.8) is 0 Å². The highest BCUT2D eigenvalue weighted by Gasteiger charge is 2.06. The predicted molar refractivity (Wildman–Crippen MR) is 87.9 cm³/mol. The van der Waals surface area contributed by atoms with Gasteiger partial charge in [-0.1, -0.05) is 48.5 Å². The maximum Gasteiger partial charge on any atom is 0.313 e. The van der Waals surface area contributed by atoms with E-state index in [0.717, 1.165) is 11.1 Å². The number of hydrogen-bond acceptors (Lipinski definition) is 4. The Bertz CT molecular complexity index is 690. The van der Waals surface area contributed by atoms with Crippen LogP contribution >= 0.6 is 0 Å². The molecular weight excluding hydrogens is 292 g/mol. The molecule has 0 radical (unpaired) electrons. The lowest BCUT2D eigenvalue weighted by Gasteiger charge is -2.09. The number of allylic oxidation sites excluding steroid dienone is 1. The van der Waals surface area contributed by atoms with Crippen LogP contribution in [0, 0.1) is 0 Å². The molecule has 0 aliphatic heterocycles. The summed E-state index contributed by atoms with van der Waals surface area (Å²) in [6, 6.07) is 17.2. The molecule has 2 aromatic rings. The van der Waals surface area contributed by atoms with Crippen molar-refractivity contribution in [1.29, 1.82) is 0 Å². The number of hydrogen-bond donors (Lipinski definition) is 0. The number of ether oxygens (including phenoxy) is 2. The summed E-state index contributed by atoms with van der Waals surface area (Å²) in [7, 11) is 1.26. The molecule has 0 unspecified atom stereocenters. The first kappa shape index (κ1) is 16.5. The zero-order valence-electron chi connectivity index (χ0n) is 12.9. The third-order valence-electron chi connectivity index (χ3n) is 3.15. The highest BCUT2D eigenvalue weighted by molar-refractivity contribution is 6.04. The number of ketones is 1. The molecule has 118 valence electrons. The van der Waals surface area contributed by atoms with Crippen molar-refractivity contribution in [2.24, 2.45) is 0 Å². The third kappa shape index (κ3) is 5.43. The van der Waals surface area contributed by atoms with Crippen LogP contribution in [-0.4, -0.2) is 18.9 Å². The Morgan fingerprint density at radius 2 is 1.70 bits per heavy atom. The standard InChI is InChI=1S/C19H18O4/c1-22-19(21)13-17(20)12-11-16-9-5-6-10-18(16)23-14-15-7-3-2-4-8-15/h2-12H,13-14H2,1H3. The molecule has 4 heteroatoms. The minimum atomic E-state index is -0.548. The van der Waals surface area contributed by atoms with E-state index in [4.69, 9.17) is 4.74 Å². The van der Waals surface area contributed by atoms with Gasteiger partial charge >= 0.3 is 5.97 Å². The molecular formula is C19H18O4. The fourth-order valence-electron chi connectivity index (χ4n) is 1.94. The van der Waals surface area contributed by atoms with E-state index in [9.17, 15) is 9.59 Å². The van der Waals surface area contributed by atoms with Gasteiger partial charge in [0.05, 0.1) is 7.11 Å². The van der Waals surface area contributed by atoms with Crippen molar-refractivity contribution in [3.05, 3.63) is 71.8 Å². The average molecular weight is 310 g/mol. The molecule has 0 heterocycles. The molecule has 0 amide bonds. The fourth-order valence-corrected chi connectivity index (χ4v) is 1.94. The number of methoxy groups -OCH3 is 1. The lowest BCUT2D eigenvalue weighted by atomic mass is 10.1.